The van der Waals surface area contributed by atoms with E-state index in [9.17, 15) is 4.79 Å². The summed E-state index contributed by atoms with van der Waals surface area (Å²) in [5.41, 5.74) is 4.84. The Hall–Kier alpha value is -4.96. The van der Waals surface area contributed by atoms with Gasteiger partial charge in [-0.15, -0.1) is 0 Å². The van der Waals surface area contributed by atoms with Crippen LogP contribution >= 0.6 is 0 Å². The second kappa shape index (κ2) is 13.4. The number of fused-ring (bicyclic) bond motifs is 1. The van der Waals surface area contributed by atoms with Gasteiger partial charge in [-0.25, -0.2) is 15.0 Å². The minimum atomic E-state index is -0.705. The minimum absolute atomic E-state index is 0.0229. The lowest BCUT2D eigenvalue weighted by Gasteiger charge is -2.26. The Morgan fingerprint density at radius 3 is 1.96 bits per heavy atom. The largest absolute Gasteiger partial charge is 0.491 e. The van der Waals surface area contributed by atoms with Gasteiger partial charge >= 0.3 is 5.97 Å². The van der Waals surface area contributed by atoms with E-state index in [4.69, 9.17) is 23.7 Å². The normalized spacial score (nSPS) is 19.4. The number of carbonyl (C=O) groups excluding carboxylic acids is 1. The summed E-state index contributed by atoms with van der Waals surface area (Å²) in [6.45, 7) is 8.34. The zero-order valence-corrected chi connectivity index (χ0v) is 25.8. The smallest absolute Gasteiger partial charge is 0.311 e. The molecule has 0 aliphatic carbocycles. The van der Waals surface area contributed by atoms with Crippen molar-refractivity contribution in [2.24, 2.45) is 0 Å². The molecule has 0 amide bonds. The molecule has 1 aliphatic rings. The van der Waals surface area contributed by atoms with Crippen LogP contribution in [0.15, 0.2) is 85.5 Å². The zero-order chi connectivity index (χ0) is 31.3. The molecule has 10 heteroatoms. The third kappa shape index (κ3) is 6.91. The molecule has 0 radical (unpaired) electrons. The first-order valence-electron chi connectivity index (χ1n) is 15.0. The van der Waals surface area contributed by atoms with Gasteiger partial charge in [-0.05, 0) is 64.1 Å². The van der Waals surface area contributed by atoms with Crippen molar-refractivity contribution in [3.05, 3.63) is 108 Å². The van der Waals surface area contributed by atoms with E-state index in [0.29, 0.717) is 28.4 Å². The Bertz CT molecular complexity index is 1740. The van der Waals surface area contributed by atoms with E-state index < -0.39 is 24.5 Å². The number of imidazole rings is 1. The first-order valence-corrected chi connectivity index (χ1v) is 15.0. The number of hydrogen-bond donors (Lipinski definition) is 0. The summed E-state index contributed by atoms with van der Waals surface area (Å²) >= 11 is 0. The lowest BCUT2D eigenvalue weighted by Crippen LogP contribution is -2.42. The van der Waals surface area contributed by atoms with E-state index in [-0.39, 0.29) is 25.6 Å². The predicted octanol–water partition coefficient (Wildman–Crippen LogP) is 5.73. The van der Waals surface area contributed by atoms with E-state index in [0.717, 1.165) is 22.4 Å². The summed E-state index contributed by atoms with van der Waals surface area (Å²) in [5, 5.41) is 0. The maximum atomic E-state index is 12.3. The maximum Gasteiger partial charge on any atom is 0.311 e. The molecule has 0 saturated carbocycles. The third-order valence-electron chi connectivity index (χ3n) is 7.63. The number of nitrogens with zero attached hydrogens (tertiary/aromatic N) is 4. The van der Waals surface area contributed by atoms with Crippen LogP contribution in [0, 0.1) is 20.8 Å². The SMILES string of the molecule is CCOC(=O)Cc1ncnc2c1ncn2[C@@H]1O[C@H](COc2ccc(C)cc2)[C@@H](Oc2ccc(C)cc2)[C@H]1Oc1ccc(C)cc1. The Kier molecular flexibility index (Phi) is 8.93. The van der Waals surface area contributed by atoms with Crippen LogP contribution in [0.4, 0.5) is 0 Å². The van der Waals surface area contributed by atoms with Gasteiger partial charge in [0.1, 0.15) is 41.8 Å². The summed E-state index contributed by atoms with van der Waals surface area (Å²) in [5.74, 6) is 1.69. The van der Waals surface area contributed by atoms with Crippen LogP contribution in [-0.2, 0) is 20.7 Å². The fourth-order valence-electron chi connectivity index (χ4n) is 5.26. The van der Waals surface area contributed by atoms with Gasteiger partial charge in [0.05, 0.1) is 25.0 Å². The van der Waals surface area contributed by atoms with E-state index in [2.05, 4.69) is 15.0 Å². The number of carbonyl (C=O) groups is 1. The molecule has 10 nitrogen and oxygen atoms in total. The summed E-state index contributed by atoms with van der Waals surface area (Å²) in [7, 11) is 0. The molecule has 5 aromatic rings. The van der Waals surface area contributed by atoms with E-state index >= 15 is 0 Å². The fourth-order valence-corrected chi connectivity index (χ4v) is 5.26. The number of benzene rings is 3. The second-order valence-electron chi connectivity index (χ2n) is 11.1. The van der Waals surface area contributed by atoms with E-state index in [1.165, 1.54) is 6.33 Å². The zero-order valence-electron chi connectivity index (χ0n) is 25.8. The first-order chi connectivity index (χ1) is 21.9. The van der Waals surface area contributed by atoms with Crippen LogP contribution < -0.4 is 14.2 Å². The quantitative estimate of drug-likeness (QED) is 0.174. The molecule has 0 bridgehead atoms. The number of esters is 1. The number of ether oxygens (including phenoxy) is 5. The Labute approximate surface area is 261 Å². The molecule has 232 valence electrons. The number of aryl methyl sites for hydroxylation is 3. The van der Waals surface area contributed by atoms with Crippen molar-refractivity contribution in [3.8, 4) is 17.2 Å². The summed E-state index contributed by atoms with van der Waals surface area (Å²) in [6.07, 6.45) is 0.568. The van der Waals surface area contributed by atoms with Crippen molar-refractivity contribution in [1.29, 1.82) is 0 Å². The summed E-state index contributed by atoms with van der Waals surface area (Å²) in [4.78, 5) is 25.7. The van der Waals surface area contributed by atoms with Gasteiger partial charge in [-0.1, -0.05) is 53.1 Å². The average Bonchev–Trinajstić information content (AvgIpc) is 3.61. The van der Waals surface area contributed by atoms with Crippen LogP contribution in [0.2, 0.25) is 0 Å². The van der Waals surface area contributed by atoms with Gasteiger partial charge in [0.15, 0.2) is 24.1 Å². The molecule has 1 fully saturated rings. The molecule has 0 unspecified atom stereocenters. The van der Waals surface area contributed by atoms with Crippen LogP contribution in [0.25, 0.3) is 11.2 Å². The van der Waals surface area contributed by atoms with Gasteiger partial charge in [0, 0.05) is 0 Å². The molecule has 45 heavy (non-hydrogen) atoms. The monoisotopic (exact) mass is 608 g/mol. The molecule has 3 aromatic carbocycles. The van der Waals surface area contributed by atoms with Crippen LogP contribution in [0.5, 0.6) is 17.2 Å². The predicted molar refractivity (Wildman–Crippen MR) is 167 cm³/mol. The van der Waals surface area contributed by atoms with Crippen LogP contribution in [-0.4, -0.2) is 57.0 Å². The third-order valence-corrected chi connectivity index (χ3v) is 7.63. The Morgan fingerprint density at radius 1 is 0.778 bits per heavy atom. The maximum absolute atomic E-state index is 12.3. The van der Waals surface area contributed by atoms with Crippen LogP contribution in [0.1, 0.15) is 35.5 Å². The fraction of sp³-hybridized carbons (Fsp3) is 0.314. The molecule has 1 aliphatic heterocycles. The highest BCUT2D eigenvalue weighted by Crippen LogP contribution is 2.37. The number of hydrogen-bond acceptors (Lipinski definition) is 9. The van der Waals surface area contributed by atoms with Gasteiger partial charge in [0.25, 0.3) is 0 Å². The van der Waals surface area contributed by atoms with Gasteiger partial charge in [0.2, 0.25) is 0 Å². The molecular formula is C35H36N4O6. The molecule has 2 aromatic heterocycles. The molecule has 6 rings (SSSR count). The highest BCUT2D eigenvalue weighted by atomic mass is 16.6. The molecule has 4 atom stereocenters. The highest BCUT2D eigenvalue weighted by molar-refractivity contribution is 5.80. The van der Waals surface area contributed by atoms with Gasteiger partial charge in [-0.3, -0.25) is 9.36 Å². The van der Waals surface area contributed by atoms with Gasteiger partial charge < -0.3 is 23.7 Å². The molecule has 0 N–H and O–H groups in total. The molecule has 1 saturated heterocycles. The first kappa shape index (κ1) is 30.1. The van der Waals surface area contributed by atoms with Crippen molar-refractivity contribution in [2.75, 3.05) is 13.2 Å². The van der Waals surface area contributed by atoms with Crippen molar-refractivity contribution in [1.82, 2.24) is 19.5 Å². The molecule has 3 heterocycles. The summed E-state index contributed by atoms with van der Waals surface area (Å²) < 4.78 is 33.2. The number of aromatic nitrogens is 4. The summed E-state index contributed by atoms with van der Waals surface area (Å²) in [6, 6.07) is 23.6. The molecular weight excluding hydrogens is 572 g/mol. The lowest BCUT2D eigenvalue weighted by molar-refractivity contribution is -0.142. The topological polar surface area (TPSA) is 107 Å². The van der Waals surface area contributed by atoms with Crippen LogP contribution in [0.3, 0.4) is 0 Å². The Balaban J connectivity index is 1.38. The van der Waals surface area contributed by atoms with E-state index in [1.54, 1.807) is 13.3 Å². The highest BCUT2D eigenvalue weighted by Gasteiger charge is 2.50. The number of rotatable bonds is 11. The van der Waals surface area contributed by atoms with Crippen molar-refractivity contribution < 1.29 is 28.5 Å². The van der Waals surface area contributed by atoms with Crippen molar-refractivity contribution in [2.45, 2.75) is 58.7 Å². The Morgan fingerprint density at radius 2 is 1.36 bits per heavy atom. The molecule has 0 spiro atoms. The minimum Gasteiger partial charge on any atom is -0.491 e. The van der Waals surface area contributed by atoms with Crippen molar-refractivity contribution in [3.63, 3.8) is 0 Å². The average molecular weight is 609 g/mol. The van der Waals surface area contributed by atoms with E-state index in [1.807, 2.05) is 98.1 Å². The lowest BCUT2D eigenvalue weighted by atomic mass is 10.1. The standard InChI is InChI=1S/C35H36N4O6/c1-5-41-30(40)18-28-31-34(37-20-36-28)39(21-38-31)35-33(44-27-16-10-24(4)11-17-27)32(43-26-14-8-23(3)9-15-26)29(45-35)19-42-25-12-6-22(2)7-13-25/h6-17,20-21,29,32-33,35H,5,18-19H2,1-4H3/t29-,32-,33-,35-/m1/s1. The van der Waals surface area contributed by atoms with Crippen molar-refractivity contribution >= 4 is 17.1 Å². The van der Waals surface area contributed by atoms with Gasteiger partial charge in [-0.2, -0.15) is 0 Å². The second-order valence-corrected chi connectivity index (χ2v) is 11.1.